The molecule has 106 valence electrons. The summed E-state index contributed by atoms with van der Waals surface area (Å²) < 4.78 is 7.05. The lowest BCUT2D eigenvalue weighted by Crippen LogP contribution is -2.48. The highest BCUT2D eigenvalue weighted by Crippen LogP contribution is 2.19. The molecular weight excluding hydrogens is 282 g/mol. The predicted octanol–water partition coefficient (Wildman–Crippen LogP) is 0.719. The lowest BCUT2D eigenvalue weighted by atomic mass is 10.2. The summed E-state index contributed by atoms with van der Waals surface area (Å²) in [6, 6.07) is 0.174. The van der Waals surface area contributed by atoms with Crippen LogP contribution in [0, 0.1) is 0 Å². The Hall–Kier alpha value is -1.80. The van der Waals surface area contributed by atoms with Crippen LogP contribution in [0.4, 0.5) is 5.95 Å². The lowest BCUT2D eigenvalue weighted by molar-refractivity contribution is 0.0336. The first-order chi connectivity index (χ1) is 9.63. The second kappa shape index (κ2) is 5.29. The van der Waals surface area contributed by atoms with Crippen molar-refractivity contribution in [2.24, 2.45) is 0 Å². The number of rotatable bonds is 2. The van der Waals surface area contributed by atoms with E-state index in [0.29, 0.717) is 25.0 Å². The second-order valence-corrected chi connectivity index (χ2v) is 5.03. The van der Waals surface area contributed by atoms with Crippen molar-refractivity contribution in [1.29, 1.82) is 0 Å². The molecule has 20 heavy (non-hydrogen) atoms. The fourth-order valence-electron chi connectivity index (χ4n) is 2.05. The lowest BCUT2D eigenvalue weighted by Gasteiger charge is -2.36. The standard InChI is InChI=1S/C11H14ClN7O/c1-7-4-20-8(2)3-18(7)10-15-9(12)16-11(17-10)19-6-13-5-14-19/h5-8H,3-4H2,1-2H3. The highest BCUT2D eigenvalue weighted by molar-refractivity contribution is 6.28. The number of hydrogen-bond donors (Lipinski definition) is 0. The third-order valence-corrected chi connectivity index (χ3v) is 3.24. The van der Waals surface area contributed by atoms with Crippen LogP contribution in [-0.4, -0.2) is 55.0 Å². The molecule has 8 nitrogen and oxygen atoms in total. The molecule has 0 aromatic carbocycles. The maximum absolute atomic E-state index is 5.99. The van der Waals surface area contributed by atoms with Crippen molar-refractivity contribution in [1.82, 2.24) is 29.7 Å². The Morgan fingerprint density at radius 2 is 2.05 bits per heavy atom. The molecule has 0 N–H and O–H groups in total. The maximum atomic E-state index is 5.99. The first-order valence-electron chi connectivity index (χ1n) is 6.28. The van der Waals surface area contributed by atoms with Crippen molar-refractivity contribution in [3.8, 4) is 5.95 Å². The van der Waals surface area contributed by atoms with Gasteiger partial charge in [-0.25, -0.2) is 4.98 Å². The average Bonchev–Trinajstić information content (AvgIpc) is 2.95. The van der Waals surface area contributed by atoms with Gasteiger partial charge in [0.05, 0.1) is 18.8 Å². The molecule has 3 heterocycles. The summed E-state index contributed by atoms with van der Waals surface area (Å²) in [5.74, 6) is 0.877. The van der Waals surface area contributed by atoms with Gasteiger partial charge in [0.25, 0.3) is 5.95 Å². The van der Waals surface area contributed by atoms with Gasteiger partial charge in [-0.15, -0.1) is 0 Å². The van der Waals surface area contributed by atoms with Crippen LogP contribution < -0.4 is 4.90 Å². The second-order valence-electron chi connectivity index (χ2n) is 4.69. The molecule has 2 unspecified atom stereocenters. The molecule has 0 amide bonds. The molecule has 1 aliphatic rings. The van der Waals surface area contributed by atoms with Gasteiger partial charge in [-0.3, -0.25) is 0 Å². The molecular formula is C11H14ClN7O. The largest absolute Gasteiger partial charge is 0.375 e. The van der Waals surface area contributed by atoms with E-state index in [1.165, 1.54) is 17.3 Å². The van der Waals surface area contributed by atoms with Gasteiger partial charge in [0.1, 0.15) is 12.7 Å². The Morgan fingerprint density at radius 3 is 2.80 bits per heavy atom. The van der Waals surface area contributed by atoms with Gasteiger partial charge in [-0.05, 0) is 25.4 Å². The summed E-state index contributed by atoms with van der Waals surface area (Å²) in [5, 5.41) is 4.13. The van der Waals surface area contributed by atoms with Gasteiger partial charge in [0, 0.05) is 6.54 Å². The zero-order valence-corrected chi connectivity index (χ0v) is 11.9. The van der Waals surface area contributed by atoms with Gasteiger partial charge < -0.3 is 9.64 Å². The van der Waals surface area contributed by atoms with Crippen molar-refractivity contribution in [3.05, 3.63) is 17.9 Å². The van der Waals surface area contributed by atoms with Crippen LogP contribution in [0.1, 0.15) is 13.8 Å². The van der Waals surface area contributed by atoms with Gasteiger partial charge in [0.15, 0.2) is 0 Å². The Morgan fingerprint density at radius 1 is 1.25 bits per heavy atom. The Kier molecular flexibility index (Phi) is 3.49. The van der Waals surface area contributed by atoms with Gasteiger partial charge in [-0.2, -0.15) is 24.7 Å². The molecule has 1 saturated heterocycles. The third kappa shape index (κ3) is 2.56. The highest BCUT2D eigenvalue weighted by atomic mass is 35.5. The SMILES string of the molecule is CC1CN(c2nc(Cl)nc(-n3cncn3)n2)C(C)CO1. The van der Waals surface area contributed by atoms with Crippen molar-refractivity contribution in [2.45, 2.75) is 26.0 Å². The number of anilines is 1. The van der Waals surface area contributed by atoms with E-state index in [2.05, 4.69) is 36.9 Å². The van der Waals surface area contributed by atoms with Gasteiger partial charge >= 0.3 is 0 Å². The number of hydrogen-bond acceptors (Lipinski definition) is 7. The topological polar surface area (TPSA) is 81.9 Å². The number of ether oxygens (including phenoxy) is 1. The average molecular weight is 296 g/mol. The quantitative estimate of drug-likeness (QED) is 0.807. The van der Waals surface area contributed by atoms with E-state index in [1.54, 1.807) is 0 Å². The first kappa shape index (κ1) is 13.2. The maximum Gasteiger partial charge on any atom is 0.258 e. The molecule has 1 aliphatic heterocycles. The van der Waals surface area contributed by atoms with Crippen LogP contribution in [0.15, 0.2) is 12.7 Å². The molecule has 1 fully saturated rings. The molecule has 2 aromatic heterocycles. The fraction of sp³-hybridized carbons (Fsp3) is 0.545. The highest BCUT2D eigenvalue weighted by Gasteiger charge is 2.26. The van der Waals surface area contributed by atoms with E-state index in [0.717, 1.165) is 0 Å². The van der Waals surface area contributed by atoms with E-state index in [4.69, 9.17) is 16.3 Å². The van der Waals surface area contributed by atoms with Crippen molar-refractivity contribution in [3.63, 3.8) is 0 Å². The molecule has 0 bridgehead atoms. The van der Waals surface area contributed by atoms with Gasteiger partial charge in [-0.1, -0.05) is 0 Å². The smallest absolute Gasteiger partial charge is 0.258 e. The Balaban J connectivity index is 1.97. The van der Waals surface area contributed by atoms with E-state index in [9.17, 15) is 0 Å². The summed E-state index contributed by atoms with van der Waals surface area (Å²) in [4.78, 5) is 18.6. The minimum absolute atomic E-state index is 0.122. The molecule has 2 atom stereocenters. The normalized spacial score (nSPS) is 23.1. The van der Waals surface area contributed by atoms with Crippen LogP contribution >= 0.6 is 11.6 Å². The third-order valence-electron chi connectivity index (χ3n) is 3.07. The van der Waals surface area contributed by atoms with E-state index >= 15 is 0 Å². The minimum atomic E-state index is 0.122. The number of nitrogens with zero attached hydrogens (tertiary/aromatic N) is 7. The van der Waals surface area contributed by atoms with E-state index in [1.807, 2.05) is 6.92 Å². The van der Waals surface area contributed by atoms with Crippen molar-refractivity contribution < 1.29 is 4.74 Å². The Bertz CT molecular complexity index is 590. The zero-order chi connectivity index (χ0) is 14.1. The molecule has 0 aliphatic carbocycles. The van der Waals surface area contributed by atoms with Crippen LogP contribution in [-0.2, 0) is 4.74 Å². The summed E-state index contributed by atoms with van der Waals surface area (Å²) in [6.45, 7) is 5.40. The first-order valence-corrected chi connectivity index (χ1v) is 6.66. The minimum Gasteiger partial charge on any atom is -0.375 e. The summed E-state index contributed by atoms with van der Waals surface area (Å²) >= 11 is 5.99. The monoisotopic (exact) mass is 295 g/mol. The summed E-state index contributed by atoms with van der Waals surface area (Å²) in [7, 11) is 0. The van der Waals surface area contributed by atoms with Crippen LogP contribution in [0.5, 0.6) is 0 Å². The number of morpholine rings is 1. The molecule has 0 spiro atoms. The molecule has 3 rings (SSSR count). The summed E-state index contributed by atoms with van der Waals surface area (Å²) in [5.41, 5.74) is 0. The molecule has 9 heteroatoms. The number of halogens is 1. The molecule has 0 radical (unpaired) electrons. The fourth-order valence-corrected chi connectivity index (χ4v) is 2.20. The molecule has 2 aromatic rings. The van der Waals surface area contributed by atoms with E-state index < -0.39 is 0 Å². The number of aromatic nitrogens is 6. The van der Waals surface area contributed by atoms with Crippen molar-refractivity contribution >= 4 is 17.5 Å². The molecule has 0 saturated carbocycles. The van der Waals surface area contributed by atoms with Crippen LogP contribution in [0.3, 0.4) is 0 Å². The Labute approximate surface area is 120 Å². The van der Waals surface area contributed by atoms with Crippen molar-refractivity contribution in [2.75, 3.05) is 18.1 Å². The predicted molar refractivity (Wildman–Crippen MR) is 72.0 cm³/mol. The van der Waals surface area contributed by atoms with Crippen LogP contribution in [0.2, 0.25) is 5.28 Å². The summed E-state index contributed by atoms with van der Waals surface area (Å²) in [6.07, 6.45) is 3.05. The van der Waals surface area contributed by atoms with E-state index in [-0.39, 0.29) is 17.4 Å². The van der Waals surface area contributed by atoms with Crippen LogP contribution in [0.25, 0.3) is 5.95 Å². The van der Waals surface area contributed by atoms with Gasteiger partial charge in [0.2, 0.25) is 11.2 Å². The zero-order valence-electron chi connectivity index (χ0n) is 11.1.